The lowest BCUT2D eigenvalue weighted by atomic mass is 10.1. The predicted molar refractivity (Wildman–Crippen MR) is 101 cm³/mol. The Hall–Kier alpha value is -2.62. The molecule has 2 amide bonds. The molecule has 1 saturated heterocycles. The lowest BCUT2D eigenvalue weighted by molar-refractivity contribution is -0.122. The topological polar surface area (TPSA) is 49.4 Å². The van der Waals surface area contributed by atoms with Crippen molar-refractivity contribution in [2.45, 2.75) is 33.6 Å². The maximum Gasteiger partial charge on any atom is 0.229 e. The van der Waals surface area contributed by atoms with E-state index in [0.717, 1.165) is 28.9 Å². The van der Waals surface area contributed by atoms with Crippen LogP contribution < -0.4 is 10.2 Å². The molecule has 0 bridgehead atoms. The summed E-state index contributed by atoms with van der Waals surface area (Å²) in [7, 11) is 0. The Bertz CT molecular complexity index is 813. The lowest BCUT2D eigenvalue weighted by Crippen LogP contribution is -2.28. The number of amides is 2. The van der Waals surface area contributed by atoms with Crippen LogP contribution in [0.1, 0.15) is 30.0 Å². The Labute approximate surface area is 148 Å². The second-order valence-corrected chi connectivity index (χ2v) is 6.74. The van der Waals surface area contributed by atoms with E-state index in [-0.39, 0.29) is 24.2 Å². The Balaban J connectivity index is 1.73. The summed E-state index contributed by atoms with van der Waals surface area (Å²) in [5.41, 5.74) is 5.01. The van der Waals surface area contributed by atoms with Gasteiger partial charge in [0.05, 0.1) is 5.92 Å². The first kappa shape index (κ1) is 17.2. The van der Waals surface area contributed by atoms with Gasteiger partial charge in [0, 0.05) is 24.3 Å². The number of carbonyl (C=O) groups is 2. The van der Waals surface area contributed by atoms with Gasteiger partial charge in [0.25, 0.3) is 0 Å². The van der Waals surface area contributed by atoms with E-state index >= 15 is 0 Å². The molecule has 1 atom stereocenters. The van der Waals surface area contributed by atoms with E-state index in [0.29, 0.717) is 6.54 Å². The second kappa shape index (κ2) is 7.09. The van der Waals surface area contributed by atoms with Crippen LogP contribution in [0.15, 0.2) is 42.5 Å². The van der Waals surface area contributed by atoms with Gasteiger partial charge in [-0.25, -0.2) is 0 Å². The molecule has 1 heterocycles. The van der Waals surface area contributed by atoms with Crippen molar-refractivity contribution in [1.29, 1.82) is 0 Å². The molecule has 1 fully saturated rings. The van der Waals surface area contributed by atoms with Gasteiger partial charge in [-0.05, 0) is 55.2 Å². The van der Waals surface area contributed by atoms with Crippen LogP contribution in [0, 0.1) is 19.8 Å². The summed E-state index contributed by atoms with van der Waals surface area (Å²) in [5.74, 6) is -0.400. The number of hydrogen-bond acceptors (Lipinski definition) is 2. The molecule has 0 spiro atoms. The molecule has 4 nitrogen and oxygen atoms in total. The fraction of sp³-hybridized carbons (Fsp3) is 0.333. The van der Waals surface area contributed by atoms with E-state index < -0.39 is 0 Å². The molecule has 0 aromatic heterocycles. The summed E-state index contributed by atoms with van der Waals surface area (Å²) >= 11 is 0. The van der Waals surface area contributed by atoms with Crippen LogP contribution in [0.3, 0.4) is 0 Å². The quantitative estimate of drug-likeness (QED) is 0.922. The van der Waals surface area contributed by atoms with Crippen molar-refractivity contribution in [2.24, 2.45) is 5.92 Å². The zero-order valence-electron chi connectivity index (χ0n) is 15.0. The molecule has 4 heteroatoms. The lowest BCUT2D eigenvalue weighted by Gasteiger charge is -2.18. The van der Waals surface area contributed by atoms with E-state index in [1.54, 1.807) is 4.90 Å². The minimum Gasteiger partial charge on any atom is -0.326 e. The third kappa shape index (κ3) is 3.73. The van der Waals surface area contributed by atoms with Gasteiger partial charge in [-0.3, -0.25) is 9.59 Å². The van der Waals surface area contributed by atoms with Crippen molar-refractivity contribution in [3.05, 3.63) is 59.2 Å². The van der Waals surface area contributed by atoms with Crippen LogP contribution in [-0.4, -0.2) is 18.4 Å². The third-order valence-electron chi connectivity index (χ3n) is 4.78. The first-order valence-corrected chi connectivity index (χ1v) is 8.75. The molecule has 0 radical (unpaired) electrons. The highest BCUT2D eigenvalue weighted by atomic mass is 16.2. The predicted octanol–water partition coefficient (Wildman–Crippen LogP) is 3.86. The molecule has 1 N–H and O–H groups in total. The molecule has 2 aromatic carbocycles. The fourth-order valence-electron chi connectivity index (χ4n) is 3.18. The van der Waals surface area contributed by atoms with Gasteiger partial charge in [0.1, 0.15) is 0 Å². The van der Waals surface area contributed by atoms with Gasteiger partial charge in [0.2, 0.25) is 11.8 Å². The highest BCUT2D eigenvalue weighted by Crippen LogP contribution is 2.27. The molecule has 0 aliphatic carbocycles. The highest BCUT2D eigenvalue weighted by Gasteiger charge is 2.35. The van der Waals surface area contributed by atoms with Gasteiger partial charge in [0.15, 0.2) is 0 Å². The van der Waals surface area contributed by atoms with Gasteiger partial charge < -0.3 is 10.2 Å². The van der Waals surface area contributed by atoms with Crippen LogP contribution in [0.4, 0.5) is 11.4 Å². The van der Waals surface area contributed by atoms with Crippen molar-refractivity contribution >= 4 is 23.2 Å². The van der Waals surface area contributed by atoms with Crippen molar-refractivity contribution in [2.75, 3.05) is 16.8 Å². The average molecular weight is 336 g/mol. The minimum absolute atomic E-state index is 0.00867. The van der Waals surface area contributed by atoms with E-state index in [9.17, 15) is 9.59 Å². The summed E-state index contributed by atoms with van der Waals surface area (Å²) in [5, 5.41) is 2.99. The Morgan fingerprint density at radius 3 is 2.76 bits per heavy atom. The van der Waals surface area contributed by atoms with Crippen LogP contribution in [0.25, 0.3) is 0 Å². The minimum atomic E-state index is -0.322. The summed E-state index contributed by atoms with van der Waals surface area (Å²) in [4.78, 5) is 26.8. The molecule has 1 aliphatic heterocycles. The summed E-state index contributed by atoms with van der Waals surface area (Å²) in [6.45, 7) is 6.49. The summed E-state index contributed by atoms with van der Waals surface area (Å²) in [6, 6.07) is 14.0. The summed E-state index contributed by atoms with van der Waals surface area (Å²) < 4.78 is 0. The molecular formula is C21H24N2O2. The van der Waals surface area contributed by atoms with E-state index in [1.807, 2.05) is 50.2 Å². The molecule has 1 aliphatic rings. The van der Waals surface area contributed by atoms with Gasteiger partial charge in [-0.15, -0.1) is 0 Å². The first-order valence-electron chi connectivity index (χ1n) is 8.75. The van der Waals surface area contributed by atoms with Crippen LogP contribution in [-0.2, 0) is 16.0 Å². The molecule has 3 rings (SSSR count). The van der Waals surface area contributed by atoms with E-state index in [2.05, 4.69) is 18.3 Å². The number of carbonyl (C=O) groups excluding carboxylic acids is 2. The number of nitrogens with zero attached hydrogens (tertiary/aromatic N) is 1. The standard InChI is InChI=1S/C21H24N2O2/c1-4-16-6-5-7-18(11-16)23-13-17(12-20(23)24)21(25)22-19-10-14(2)8-9-15(19)3/h5-11,17H,4,12-13H2,1-3H3,(H,22,25)/t17-/m0/s1. The van der Waals surface area contributed by atoms with Crippen molar-refractivity contribution in [3.63, 3.8) is 0 Å². The van der Waals surface area contributed by atoms with E-state index in [1.165, 1.54) is 5.56 Å². The number of aryl methyl sites for hydroxylation is 3. The Morgan fingerprint density at radius 2 is 2.00 bits per heavy atom. The van der Waals surface area contributed by atoms with E-state index in [4.69, 9.17) is 0 Å². The monoisotopic (exact) mass is 336 g/mol. The fourth-order valence-corrected chi connectivity index (χ4v) is 3.18. The zero-order chi connectivity index (χ0) is 18.0. The molecule has 0 saturated carbocycles. The SMILES string of the molecule is CCc1cccc(N2C[C@@H](C(=O)Nc3cc(C)ccc3C)CC2=O)c1. The van der Waals surface area contributed by atoms with Crippen molar-refractivity contribution in [1.82, 2.24) is 0 Å². The van der Waals surface area contributed by atoms with Crippen LogP contribution >= 0.6 is 0 Å². The maximum atomic E-state index is 12.6. The number of rotatable bonds is 4. The molecular weight excluding hydrogens is 312 g/mol. The van der Waals surface area contributed by atoms with Crippen molar-refractivity contribution in [3.8, 4) is 0 Å². The highest BCUT2D eigenvalue weighted by molar-refractivity contribution is 6.03. The Morgan fingerprint density at radius 1 is 1.20 bits per heavy atom. The Kier molecular flexibility index (Phi) is 4.88. The number of benzene rings is 2. The van der Waals surface area contributed by atoms with Gasteiger partial charge in [-0.1, -0.05) is 31.2 Å². The van der Waals surface area contributed by atoms with Crippen molar-refractivity contribution < 1.29 is 9.59 Å². The normalized spacial score (nSPS) is 17.0. The molecule has 0 unspecified atom stereocenters. The third-order valence-corrected chi connectivity index (χ3v) is 4.78. The van der Waals surface area contributed by atoms with Gasteiger partial charge >= 0.3 is 0 Å². The second-order valence-electron chi connectivity index (χ2n) is 6.74. The number of nitrogens with one attached hydrogen (secondary N) is 1. The molecule has 130 valence electrons. The zero-order valence-corrected chi connectivity index (χ0v) is 15.0. The molecule has 2 aromatic rings. The first-order chi connectivity index (χ1) is 12.0. The number of hydrogen-bond donors (Lipinski definition) is 1. The largest absolute Gasteiger partial charge is 0.326 e. The smallest absolute Gasteiger partial charge is 0.229 e. The van der Waals surface area contributed by atoms with Gasteiger partial charge in [-0.2, -0.15) is 0 Å². The maximum absolute atomic E-state index is 12.6. The van der Waals surface area contributed by atoms with Crippen LogP contribution in [0.2, 0.25) is 0 Å². The van der Waals surface area contributed by atoms with Crippen LogP contribution in [0.5, 0.6) is 0 Å². The number of anilines is 2. The average Bonchev–Trinajstić information content (AvgIpc) is 3.00. The molecule has 25 heavy (non-hydrogen) atoms. The summed E-state index contributed by atoms with van der Waals surface area (Å²) in [6.07, 6.45) is 1.18.